The van der Waals surface area contributed by atoms with E-state index in [1.165, 1.54) is 4.90 Å². The fourth-order valence-electron chi connectivity index (χ4n) is 2.22. The first kappa shape index (κ1) is 15.6. The van der Waals surface area contributed by atoms with E-state index in [0.717, 1.165) is 11.1 Å². The number of rotatable bonds is 3. The maximum Gasteiger partial charge on any atom is 0.407 e. The number of benzene rings is 1. The molecule has 0 fully saturated rings. The lowest BCUT2D eigenvalue weighted by molar-refractivity contribution is 0.150. The lowest BCUT2D eigenvalue weighted by atomic mass is 9.97. The Bertz CT molecular complexity index is 671. The van der Waals surface area contributed by atoms with Gasteiger partial charge in [0.25, 0.3) is 0 Å². The first-order chi connectivity index (χ1) is 10.5. The van der Waals surface area contributed by atoms with E-state index in [1.54, 1.807) is 11.2 Å². The van der Waals surface area contributed by atoms with Gasteiger partial charge in [-0.25, -0.2) is 9.79 Å². The highest BCUT2D eigenvalue weighted by Gasteiger charge is 2.17. The molecule has 0 saturated heterocycles. The number of hydrogen-bond donors (Lipinski definition) is 1. The van der Waals surface area contributed by atoms with Crippen LogP contribution in [-0.4, -0.2) is 54.5 Å². The molecule has 0 saturated carbocycles. The molecule has 2 rings (SSSR count). The Morgan fingerprint density at radius 2 is 2.27 bits per heavy atom. The SMILES string of the molecule is CN(C)/C=N/c1ccc(C2=CCN(C(=O)O)CC2)cc1C#N. The van der Waals surface area contributed by atoms with Crippen molar-refractivity contribution in [3.63, 3.8) is 0 Å². The van der Waals surface area contributed by atoms with E-state index in [2.05, 4.69) is 11.1 Å². The summed E-state index contributed by atoms with van der Waals surface area (Å²) in [6.07, 6.45) is 3.30. The molecule has 1 amide bonds. The van der Waals surface area contributed by atoms with E-state index < -0.39 is 6.09 Å². The smallest absolute Gasteiger partial charge is 0.407 e. The molecule has 22 heavy (non-hydrogen) atoms. The Morgan fingerprint density at radius 3 is 2.82 bits per heavy atom. The van der Waals surface area contributed by atoms with E-state index in [4.69, 9.17) is 5.11 Å². The van der Waals surface area contributed by atoms with Gasteiger partial charge in [-0.2, -0.15) is 5.26 Å². The average molecular weight is 298 g/mol. The summed E-state index contributed by atoms with van der Waals surface area (Å²) >= 11 is 0. The zero-order valence-electron chi connectivity index (χ0n) is 12.7. The Hall–Kier alpha value is -2.81. The number of nitrogens with zero attached hydrogens (tertiary/aromatic N) is 4. The van der Waals surface area contributed by atoms with Gasteiger partial charge in [0.1, 0.15) is 6.07 Å². The van der Waals surface area contributed by atoms with Gasteiger partial charge in [-0.1, -0.05) is 12.1 Å². The molecule has 0 aromatic heterocycles. The number of amides is 1. The van der Waals surface area contributed by atoms with Crippen molar-refractivity contribution < 1.29 is 9.90 Å². The van der Waals surface area contributed by atoms with Crippen molar-refractivity contribution in [1.29, 1.82) is 5.26 Å². The topological polar surface area (TPSA) is 79.9 Å². The number of aliphatic imine (C=N–C) groups is 1. The minimum atomic E-state index is -0.901. The van der Waals surface area contributed by atoms with Gasteiger partial charge >= 0.3 is 6.09 Å². The summed E-state index contributed by atoms with van der Waals surface area (Å²) in [6.45, 7) is 0.858. The van der Waals surface area contributed by atoms with Gasteiger partial charge in [0, 0.05) is 27.2 Å². The van der Waals surface area contributed by atoms with Crippen LogP contribution >= 0.6 is 0 Å². The molecule has 6 heteroatoms. The number of nitriles is 1. The van der Waals surface area contributed by atoms with Crippen LogP contribution in [0.15, 0.2) is 29.3 Å². The number of carbonyl (C=O) groups is 1. The summed E-state index contributed by atoms with van der Waals surface area (Å²) in [5.74, 6) is 0. The molecule has 0 bridgehead atoms. The molecule has 1 N–H and O–H groups in total. The van der Waals surface area contributed by atoms with Crippen molar-refractivity contribution in [1.82, 2.24) is 9.80 Å². The molecule has 0 atom stereocenters. The van der Waals surface area contributed by atoms with Crippen LogP contribution in [0, 0.1) is 11.3 Å². The summed E-state index contributed by atoms with van der Waals surface area (Å²) in [5, 5.41) is 18.2. The van der Waals surface area contributed by atoms with Crippen molar-refractivity contribution >= 4 is 23.7 Å². The third-order valence-corrected chi connectivity index (χ3v) is 3.40. The maximum atomic E-state index is 10.9. The fraction of sp³-hybridized carbons (Fsp3) is 0.312. The zero-order valence-corrected chi connectivity index (χ0v) is 12.7. The predicted octanol–water partition coefficient (Wildman–Crippen LogP) is 2.55. The van der Waals surface area contributed by atoms with Crippen molar-refractivity contribution in [3.8, 4) is 6.07 Å². The first-order valence-corrected chi connectivity index (χ1v) is 6.93. The van der Waals surface area contributed by atoms with Crippen LogP contribution in [0.5, 0.6) is 0 Å². The van der Waals surface area contributed by atoms with Gasteiger partial charge in [-0.05, 0) is 29.7 Å². The van der Waals surface area contributed by atoms with E-state index in [1.807, 2.05) is 38.4 Å². The monoisotopic (exact) mass is 298 g/mol. The van der Waals surface area contributed by atoms with Gasteiger partial charge in [-0.3, -0.25) is 0 Å². The Kier molecular flexibility index (Phi) is 4.79. The first-order valence-electron chi connectivity index (χ1n) is 6.93. The normalized spacial score (nSPS) is 14.6. The second-order valence-corrected chi connectivity index (χ2v) is 5.26. The summed E-state index contributed by atoms with van der Waals surface area (Å²) in [5.41, 5.74) is 3.16. The van der Waals surface area contributed by atoms with E-state index in [-0.39, 0.29) is 0 Å². The molecular formula is C16H18N4O2. The summed E-state index contributed by atoms with van der Waals surface area (Å²) in [4.78, 5) is 18.3. The highest BCUT2D eigenvalue weighted by Crippen LogP contribution is 2.27. The minimum absolute atomic E-state index is 0.382. The minimum Gasteiger partial charge on any atom is -0.465 e. The lowest BCUT2D eigenvalue weighted by Crippen LogP contribution is -2.33. The van der Waals surface area contributed by atoms with Crippen molar-refractivity contribution in [2.45, 2.75) is 6.42 Å². The second kappa shape index (κ2) is 6.76. The molecule has 1 aromatic rings. The van der Waals surface area contributed by atoms with Crippen molar-refractivity contribution in [2.24, 2.45) is 4.99 Å². The Labute approximate surface area is 129 Å². The molecule has 0 spiro atoms. The third-order valence-electron chi connectivity index (χ3n) is 3.40. The quantitative estimate of drug-likeness (QED) is 0.687. The summed E-state index contributed by atoms with van der Waals surface area (Å²) in [7, 11) is 3.73. The van der Waals surface area contributed by atoms with E-state index >= 15 is 0 Å². The van der Waals surface area contributed by atoms with Gasteiger partial charge in [-0.15, -0.1) is 0 Å². The van der Waals surface area contributed by atoms with Crippen molar-refractivity contribution in [3.05, 3.63) is 35.4 Å². The Balaban J connectivity index is 2.24. The van der Waals surface area contributed by atoms with Crippen LogP contribution in [-0.2, 0) is 0 Å². The highest BCUT2D eigenvalue weighted by atomic mass is 16.4. The second-order valence-electron chi connectivity index (χ2n) is 5.26. The number of hydrogen-bond acceptors (Lipinski definition) is 3. The highest BCUT2D eigenvalue weighted by molar-refractivity contribution is 5.74. The maximum absolute atomic E-state index is 10.9. The van der Waals surface area contributed by atoms with Crippen LogP contribution < -0.4 is 0 Å². The lowest BCUT2D eigenvalue weighted by Gasteiger charge is -2.24. The van der Waals surface area contributed by atoms with Crippen LogP contribution in [0.25, 0.3) is 5.57 Å². The van der Waals surface area contributed by atoms with Crippen LogP contribution in [0.1, 0.15) is 17.5 Å². The molecule has 0 aliphatic carbocycles. The summed E-state index contributed by atoms with van der Waals surface area (Å²) in [6, 6.07) is 7.71. The average Bonchev–Trinajstić information content (AvgIpc) is 2.52. The van der Waals surface area contributed by atoms with Crippen LogP contribution in [0.4, 0.5) is 10.5 Å². The molecule has 114 valence electrons. The fourth-order valence-corrected chi connectivity index (χ4v) is 2.22. The van der Waals surface area contributed by atoms with Gasteiger partial charge < -0.3 is 14.9 Å². The standard InChI is InChI=1S/C16H18N4O2/c1-19(2)11-18-15-4-3-13(9-14(15)10-17)12-5-7-20(8-6-12)16(21)22/h3-5,9,11H,6-8H2,1-2H3,(H,21,22)/b18-11+. The predicted molar refractivity (Wildman–Crippen MR) is 85.2 cm³/mol. The van der Waals surface area contributed by atoms with E-state index in [0.29, 0.717) is 30.8 Å². The molecule has 0 unspecified atom stereocenters. The largest absolute Gasteiger partial charge is 0.465 e. The van der Waals surface area contributed by atoms with Crippen LogP contribution in [0.3, 0.4) is 0 Å². The molecule has 0 radical (unpaired) electrons. The number of carboxylic acid groups (broad SMARTS) is 1. The molecule has 1 heterocycles. The van der Waals surface area contributed by atoms with Crippen molar-refractivity contribution in [2.75, 3.05) is 27.2 Å². The van der Waals surface area contributed by atoms with Gasteiger partial charge in [0.2, 0.25) is 0 Å². The zero-order chi connectivity index (χ0) is 16.1. The van der Waals surface area contributed by atoms with Gasteiger partial charge in [0.05, 0.1) is 17.6 Å². The third kappa shape index (κ3) is 3.64. The van der Waals surface area contributed by atoms with Gasteiger partial charge in [0.15, 0.2) is 0 Å². The molecule has 1 aromatic carbocycles. The van der Waals surface area contributed by atoms with E-state index in [9.17, 15) is 10.1 Å². The molecule has 1 aliphatic rings. The molecule has 6 nitrogen and oxygen atoms in total. The van der Waals surface area contributed by atoms with Crippen LogP contribution in [0.2, 0.25) is 0 Å². The molecular weight excluding hydrogens is 280 g/mol. The Morgan fingerprint density at radius 1 is 1.50 bits per heavy atom. The molecule has 1 aliphatic heterocycles. The summed E-state index contributed by atoms with van der Waals surface area (Å²) < 4.78 is 0.